The van der Waals surface area contributed by atoms with E-state index in [9.17, 15) is 0 Å². The molecule has 0 bridgehead atoms. The first-order chi connectivity index (χ1) is 4.86. The Labute approximate surface area is 60.2 Å². The van der Waals surface area contributed by atoms with E-state index in [2.05, 4.69) is 12.1 Å². The van der Waals surface area contributed by atoms with Crippen molar-refractivity contribution in [2.75, 3.05) is 0 Å². The second kappa shape index (κ2) is 3.37. The number of hydrogen-bond acceptors (Lipinski definition) is 3. The maximum Gasteiger partial charge on any atom is 0.150 e. The molecule has 0 spiro atoms. The number of hydrogen-bond donors (Lipinski definition) is 1. The molecule has 0 aliphatic heterocycles. The third-order valence-electron chi connectivity index (χ3n) is 1.32. The summed E-state index contributed by atoms with van der Waals surface area (Å²) in [5.74, 6) is 0.767. The first-order valence-electron chi connectivity index (χ1n) is 3.51. The summed E-state index contributed by atoms with van der Waals surface area (Å²) in [6, 6.07) is 1.91. The van der Waals surface area contributed by atoms with E-state index in [4.69, 9.17) is 10.3 Å². The van der Waals surface area contributed by atoms with Crippen LogP contribution in [0.25, 0.3) is 0 Å². The van der Waals surface area contributed by atoms with Crippen molar-refractivity contribution >= 4 is 0 Å². The maximum atomic E-state index is 5.33. The molecule has 0 fully saturated rings. The smallest absolute Gasteiger partial charge is 0.150 e. The van der Waals surface area contributed by atoms with E-state index in [-0.39, 0.29) is 0 Å². The van der Waals surface area contributed by atoms with Gasteiger partial charge in [0.25, 0.3) is 0 Å². The number of nitrogens with zero attached hydrogens (tertiary/aromatic N) is 1. The van der Waals surface area contributed by atoms with Crippen LogP contribution >= 0.6 is 0 Å². The molecule has 0 unspecified atom stereocenters. The zero-order valence-electron chi connectivity index (χ0n) is 6.13. The van der Waals surface area contributed by atoms with Crippen molar-refractivity contribution in [2.24, 2.45) is 5.73 Å². The average Bonchev–Trinajstić information content (AvgIpc) is 2.37. The van der Waals surface area contributed by atoms with Crippen LogP contribution < -0.4 is 5.73 Å². The summed E-state index contributed by atoms with van der Waals surface area (Å²) in [5, 5.41) is 3.82. The van der Waals surface area contributed by atoms with Gasteiger partial charge in [-0.05, 0) is 6.42 Å². The second-order valence-corrected chi connectivity index (χ2v) is 2.24. The Balaban J connectivity index is 2.59. The Bertz CT molecular complexity index is 195. The van der Waals surface area contributed by atoms with Crippen LogP contribution in [0.3, 0.4) is 0 Å². The van der Waals surface area contributed by atoms with E-state index in [1.807, 2.05) is 6.07 Å². The summed E-state index contributed by atoms with van der Waals surface area (Å²) >= 11 is 0. The first-order valence-corrected chi connectivity index (χ1v) is 3.51. The molecule has 1 heterocycles. The highest BCUT2D eigenvalue weighted by atomic mass is 16.5. The SMILES string of the molecule is CCCc1cc(CN)on1. The van der Waals surface area contributed by atoms with Gasteiger partial charge in [0.1, 0.15) is 0 Å². The van der Waals surface area contributed by atoms with E-state index in [0.29, 0.717) is 6.54 Å². The molecular weight excluding hydrogens is 128 g/mol. The Kier molecular flexibility index (Phi) is 2.45. The van der Waals surface area contributed by atoms with Crippen molar-refractivity contribution < 1.29 is 4.52 Å². The first kappa shape index (κ1) is 7.28. The van der Waals surface area contributed by atoms with E-state index in [0.717, 1.165) is 24.3 Å². The number of nitrogens with two attached hydrogens (primary N) is 1. The molecule has 0 amide bonds. The summed E-state index contributed by atoms with van der Waals surface area (Å²) < 4.78 is 4.89. The molecule has 0 atom stereocenters. The summed E-state index contributed by atoms with van der Waals surface area (Å²) in [5.41, 5.74) is 6.33. The molecule has 2 N–H and O–H groups in total. The third kappa shape index (κ3) is 1.57. The predicted octanol–water partition coefficient (Wildman–Crippen LogP) is 1.09. The van der Waals surface area contributed by atoms with E-state index >= 15 is 0 Å². The third-order valence-corrected chi connectivity index (χ3v) is 1.32. The second-order valence-electron chi connectivity index (χ2n) is 2.24. The van der Waals surface area contributed by atoms with Gasteiger partial charge in [0, 0.05) is 6.07 Å². The van der Waals surface area contributed by atoms with Gasteiger partial charge < -0.3 is 10.3 Å². The van der Waals surface area contributed by atoms with Gasteiger partial charge >= 0.3 is 0 Å². The standard InChI is InChI=1S/C7H12N2O/c1-2-3-6-4-7(5-8)10-9-6/h4H,2-3,5,8H2,1H3. The monoisotopic (exact) mass is 140 g/mol. The van der Waals surface area contributed by atoms with Gasteiger partial charge in [-0.15, -0.1) is 0 Å². The molecule has 1 aromatic heterocycles. The Morgan fingerprint density at radius 1 is 1.70 bits per heavy atom. The highest BCUT2D eigenvalue weighted by molar-refractivity contribution is 5.04. The Morgan fingerprint density at radius 3 is 3.00 bits per heavy atom. The molecular formula is C7H12N2O. The lowest BCUT2D eigenvalue weighted by atomic mass is 10.2. The lowest BCUT2D eigenvalue weighted by Crippen LogP contribution is -1.92. The fourth-order valence-electron chi connectivity index (χ4n) is 0.826. The molecule has 0 aliphatic carbocycles. The van der Waals surface area contributed by atoms with Gasteiger partial charge in [0.2, 0.25) is 0 Å². The highest BCUT2D eigenvalue weighted by Crippen LogP contribution is 2.03. The fraction of sp³-hybridized carbons (Fsp3) is 0.571. The minimum Gasteiger partial charge on any atom is -0.360 e. The van der Waals surface area contributed by atoms with Crippen LogP contribution in [0.2, 0.25) is 0 Å². The summed E-state index contributed by atoms with van der Waals surface area (Å²) in [4.78, 5) is 0. The van der Waals surface area contributed by atoms with Crippen molar-refractivity contribution in [1.82, 2.24) is 5.16 Å². The summed E-state index contributed by atoms with van der Waals surface area (Å²) in [6.45, 7) is 2.55. The van der Waals surface area contributed by atoms with Crippen LogP contribution in [0.5, 0.6) is 0 Å². The quantitative estimate of drug-likeness (QED) is 0.683. The van der Waals surface area contributed by atoms with Crippen LogP contribution in [0.4, 0.5) is 0 Å². The largest absolute Gasteiger partial charge is 0.360 e. The molecule has 1 rings (SSSR count). The minimum absolute atomic E-state index is 0.441. The number of aryl methyl sites for hydroxylation is 1. The van der Waals surface area contributed by atoms with E-state index in [1.54, 1.807) is 0 Å². The molecule has 0 saturated heterocycles. The van der Waals surface area contributed by atoms with Gasteiger partial charge in [0.15, 0.2) is 5.76 Å². The molecule has 0 aliphatic rings. The van der Waals surface area contributed by atoms with Crippen molar-refractivity contribution in [3.8, 4) is 0 Å². The van der Waals surface area contributed by atoms with Crippen molar-refractivity contribution in [3.63, 3.8) is 0 Å². The molecule has 0 saturated carbocycles. The van der Waals surface area contributed by atoms with Crippen molar-refractivity contribution in [1.29, 1.82) is 0 Å². The number of rotatable bonds is 3. The minimum atomic E-state index is 0.441. The molecule has 1 aromatic rings. The van der Waals surface area contributed by atoms with Crippen LogP contribution in [0.1, 0.15) is 24.8 Å². The topological polar surface area (TPSA) is 52.0 Å². The van der Waals surface area contributed by atoms with Gasteiger partial charge in [-0.25, -0.2) is 0 Å². The average molecular weight is 140 g/mol. The predicted molar refractivity (Wildman–Crippen MR) is 38.4 cm³/mol. The van der Waals surface area contributed by atoms with Gasteiger partial charge in [-0.1, -0.05) is 18.5 Å². The lowest BCUT2D eigenvalue weighted by Gasteiger charge is -1.83. The van der Waals surface area contributed by atoms with E-state index < -0.39 is 0 Å². The maximum absolute atomic E-state index is 5.33. The normalized spacial score (nSPS) is 10.2. The molecule has 0 radical (unpaired) electrons. The van der Waals surface area contributed by atoms with Crippen molar-refractivity contribution in [2.45, 2.75) is 26.3 Å². The molecule has 3 nitrogen and oxygen atoms in total. The Morgan fingerprint density at radius 2 is 2.50 bits per heavy atom. The zero-order chi connectivity index (χ0) is 7.40. The van der Waals surface area contributed by atoms with E-state index in [1.165, 1.54) is 0 Å². The van der Waals surface area contributed by atoms with Crippen LogP contribution in [0, 0.1) is 0 Å². The zero-order valence-corrected chi connectivity index (χ0v) is 6.13. The molecule has 3 heteroatoms. The Hall–Kier alpha value is -0.830. The summed E-state index contributed by atoms with van der Waals surface area (Å²) in [7, 11) is 0. The lowest BCUT2D eigenvalue weighted by molar-refractivity contribution is 0.378. The van der Waals surface area contributed by atoms with Crippen LogP contribution in [-0.4, -0.2) is 5.16 Å². The van der Waals surface area contributed by atoms with Gasteiger partial charge in [-0.2, -0.15) is 0 Å². The van der Waals surface area contributed by atoms with Crippen LogP contribution in [0.15, 0.2) is 10.6 Å². The van der Waals surface area contributed by atoms with Crippen LogP contribution in [-0.2, 0) is 13.0 Å². The molecule has 0 aromatic carbocycles. The highest BCUT2D eigenvalue weighted by Gasteiger charge is 1.99. The summed E-state index contributed by atoms with van der Waals surface area (Å²) in [6.07, 6.45) is 2.07. The molecule has 10 heavy (non-hydrogen) atoms. The number of aromatic nitrogens is 1. The fourth-order valence-corrected chi connectivity index (χ4v) is 0.826. The van der Waals surface area contributed by atoms with Crippen molar-refractivity contribution in [3.05, 3.63) is 17.5 Å². The van der Waals surface area contributed by atoms with Gasteiger partial charge in [-0.3, -0.25) is 0 Å². The van der Waals surface area contributed by atoms with Gasteiger partial charge in [0.05, 0.1) is 12.2 Å². The molecule has 56 valence electrons.